The van der Waals surface area contributed by atoms with E-state index in [1.807, 2.05) is 0 Å². The van der Waals surface area contributed by atoms with Crippen LogP contribution < -0.4 is 5.73 Å². The Labute approximate surface area is 102 Å². The van der Waals surface area contributed by atoms with E-state index in [9.17, 15) is 0 Å². The van der Waals surface area contributed by atoms with E-state index in [2.05, 4.69) is 16.2 Å². The highest BCUT2D eigenvalue weighted by molar-refractivity contribution is 5.22. The number of aromatic nitrogens is 2. The van der Waals surface area contributed by atoms with E-state index in [-0.39, 0.29) is 0 Å². The van der Waals surface area contributed by atoms with Crippen LogP contribution in [0.15, 0.2) is 6.20 Å². The zero-order valence-corrected chi connectivity index (χ0v) is 10.3. The molecule has 92 valence electrons. The highest BCUT2D eigenvalue weighted by Gasteiger charge is 2.52. The van der Waals surface area contributed by atoms with E-state index in [0.29, 0.717) is 12.0 Å². The molecule has 0 radical (unpaired) electrons. The van der Waals surface area contributed by atoms with Crippen molar-refractivity contribution in [3.8, 4) is 0 Å². The summed E-state index contributed by atoms with van der Waals surface area (Å²) in [7, 11) is 0. The quantitative estimate of drug-likeness (QED) is 0.820. The normalized spacial score (nSPS) is 43.2. The first-order chi connectivity index (χ1) is 8.27. The van der Waals surface area contributed by atoms with Gasteiger partial charge in [0.15, 0.2) is 0 Å². The van der Waals surface area contributed by atoms with Gasteiger partial charge in [0.25, 0.3) is 0 Å². The molecular weight excluding hydrogens is 210 g/mol. The van der Waals surface area contributed by atoms with Crippen molar-refractivity contribution in [3.63, 3.8) is 0 Å². The second-order valence-corrected chi connectivity index (χ2v) is 6.65. The highest BCUT2D eigenvalue weighted by Crippen LogP contribution is 2.60. The van der Waals surface area contributed by atoms with Gasteiger partial charge in [-0.15, -0.1) is 0 Å². The molecular formula is C14H21N3. The van der Waals surface area contributed by atoms with E-state index >= 15 is 0 Å². The first-order valence-electron chi connectivity index (χ1n) is 7.02. The van der Waals surface area contributed by atoms with Crippen LogP contribution in [0.1, 0.15) is 50.0 Å². The Bertz CT molecular complexity index is 399. The maximum absolute atomic E-state index is 5.66. The van der Waals surface area contributed by atoms with Crippen molar-refractivity contribution in [3.05, 3.63) is 17.7 Å². The lowest BCUT2D eigenvalue weighted by atomic mass is 9.49. The summed E-state index contributed by atoms with van der Waals surface area (Å²) < 4.78 is 0. The predicted molar refractivity (Wildman–Crippen MR) is 66.3 cm³/mol. The smallest absolute Gasteiger partial charge is 0.120 e. The van der Waals surface area contributed by atoms with Crippen molar-refractivity contribution in [2.24, 2.45) is 23.5 Å². The minimum absolute atomic E-state index is 0.440. The number of nitrogens with one attached hydrogen (secondary N) is 1. The second-order valence-electron chi connectivity index (χ2n) is 6.65. The molecule has 3 N–H and O–H groups in total. The molecule has 5 rings (SSSR count). The standard InChI is InChI=1S/C14H21N3/c15-7-13-16-8-12(17-13)14-4-9-1-10(5-14)3-11(2-9)6-14/h8-11H,1-7,15H2,(H,16,17). The molecule has 1 heterocycles. The maximum Gasteiger partial charge on any atom is 0.120 e. The molecule has 17 heavy (non-hydrogen) atoms. The molecule has 0 aliphatic heterocycles. The number of H-pyrrole nitrogens is 1. The van der Waals surface area contributed by atoms with Gasteiger partial charge < -0.3 is 10.7 Å². The summed E-state index contributed by atoms with van der Waals surface area (Å²) in [6, 6.07) is 0. The Balaban J connectivity index is 1.72. The molecule has 0 saturated heterocycles. The highest BCUT2D eigenvalue weighted by atomic mass is 14.9. The van der Waals surface area contributed by atoms with Crippen LogP contribution in [0.25, 0.3) is 0 Å². The SMILES string of the molecule is NCc1ncc(C23CC4CC(CC(C4)C2)C3)[nH]1. The number of hydrogen-bond donors (Lipinski definition) is 2. The molecule has 0 spiro atoms. The molecule has 1 aromatic heterocycles. The lowest BCUT2D eigenvalue weighted by molar-refractivity contribution is -0.00705. The molecule has 4 bridgehead atoms. The third-order valence-electron chi connectivity index (χ3n) is 5.43. The molecule has 3 heteroatoms. The third kappa shape index (κ3) is 1.41. The number of rotatable bonds is 2. The number of aromatic amines is 1. The Kier molecular flexibility index (Phi) is 1.99. The summed E-state index contributed by atoms with van der Waals surface area (Å²) in [6.45, 7) is 0.534. The fraction of sp³-hybridized carbons (Fsp3) is 0.786. The molecule has 0 aromatic carbocycles. The minimum atomic E-state index is 0.440. The van der Waals surface area contributed by atoms with E-state index in [4.69, 9.17) is 5.73 Å². The summed E-state index contributed by atoms with van der Waals surface area (Å²) in [5.74, 6) is 3.93. The average molecular weight is 231 g/mol. The topological polar surface area (TPSA) is 54.7 Å². The molecule has 0 amide bonds. The van der Waals surface area contributed by atoms with Crippen LogP contribution in [0.4, 0.5) is 0 Å². The van der Waals surface area contributed by atoms with Gasteiger partial charge in [-0.1, -0.05) is 0 Å². The van der Waals surface area contributed by atoms with Gasteiger partial charge in [0, 0.05) is 17.3 Å². The molecule has 0 atom stereocenters. The molecule has 1 aromatic rings. The van der Waals surface area contributed by atoms with E-state index in [1.54, 1.807) is 0 Å². The Morgan fingerprint density at radius 1 is 1.18 bits per heavy atom. The van der Waals surface area contributed by atoms with Gasteiger partial charge >= 0.3 is 0 Å². The van der Waals surface area contributed by atoms with Gasteiger partial charge in [-0.05, 0) is 56.3 Å². The van der Waals surface area contributed by atoms with Gasteiger partial charge in [-0.25, -0.2) is 4.98 Å². The van der Waals surface area contributed by atoms with Crippen LogP contribution in [-0.2, 0) is 12.0 Å². The Morgan fingerprint density at radius 3 is 2.24 bits per heavy atom. The van der Waals surface area contributed by atoms with E-state index in [0.717, 1.165) is 23.6 Å². The van der Waals surface area contributed by atoms with Gasteiger partial charge in [0.2, 0.25) is 0 Å². The predicted octanol–water partition coefficient (Wildman–Crippen LogP) is 2.34. The molecule has 4 aliphatic rings. The molecule has 0 unspecified atom stereocenters. The number of imidazole rings is 1. The lowest BCUT2D eigenvalue weighted by Gasteiger charge is -2.56. The number of nitrogens with zero attached hydrogens (tertiary/aromatic N) is 1. The van der Waals surface area contributed by atoms with E-state index < -0.39 is 0 Å². The number of nitrogens with two attached hydrogens (primary N) is 1. The largest absolute Gasteiger partial charge is 0.344 e. The first kappa shape index (κ1) is 10.1. The minimum Gasteiger partial charge on any atom is -0.344 e. The second kappa shape index (κ2) is 3.35. The fourth-order valence-electron chi connectivity index (χ4n) is 5.18. The van der Waals surface area contributed by atoms with Gasteiger partial charge in [-0.2, -0.15) is 0 Å². The summed E-state index contributed by atoms with van der Waals surface area (Å²) in [5, 5.41) is 0. The monoisotopic (exact) mass is 231 g/mol. The maximum atomic E-state index is 5.66. The van der Waals surface area contributed by atoms with Crippen LogP contribution in [0.2, 0.25) is 0 Å². The molecule has 4 saturated carbocycles. The van der Waals surface area contributed by atoms with Gasteiger partial charge in [0.05, 0.1) is 6.54 Å². The van der Waals surface area contributed by atoms with Crippen molar-refractivity contribution in [1.29, 1.82) is 0 Å². The first-order valence-corrected chi connectivity index (χ1v) is 7.02. The third-order valence-corrected chi connectivity index (χ3v) is 5.43. The number of hydrogen-bond acceptors (Lipinski definition) is 2. The van der Waals surface area contributed by atoms with Crippen molar-refractivity contribution in [2.75, 3.05) is 0 Å². The molecule has 4 aliphatic carbocycles. The molecule has 3 nitrogen and oxygen atoms in total. The Morgan fingerprint density at radius 2 is 1.76 bits per heavy atom. The molecule has 4 fully saturated rings. The Hall–Kier alpha value is -0.830. The van der Waals surface area contributed by atoms with Crippen LogP contribution in [0, 0.1) is 17.8 Å². The van der Waals surface area contributed by atoms with Crippen molar-refractivity contribution < 1.29 is 0 Å². The van der Waals surface area contributed by atoms with Crippen LogP contribution >= 0.6 is 0 Å². The van der Waals surface area contributed by atoms with Gasteiger partial charge in [0.1, 0.15) is 5.82 Å². The fourth-order valence-corrected chi connectivity index (χ4v) is 5.18. The van der Waals surface area contributed by atoms with Crippen LogP contribution in [0.3, 0.4) is 0 Å². The van der Waals surface area contributed by atoms with E-state index in [1.165, 1.54) is 44.2 Å². The summed E-state index contributed by atoms with van der Waals surface area (Å²) in [6.07, 6.45) is 10.7. The zero-order valence-electron chi connectivity index (χ0n) is 10.3. The van der Waals surface area contributed by atoms with Crippen molar-refractivity contribution in [1.82, 2.24) is 9.97 Å². The summed E-state index contributed by atoms with van der Waals surface area (Å²) >= 11 is 0. The van der Waals surface area contributed by atoms with Gasteiger partial charge in [-0.3, -0.25) is 0 Å². The van der Waals surface area contributed by atoms with Crippen LogP contribution in [0.5, 0.6) is 0 Å². The lowest BCUT2D eigenvalue weighted by Crippen LogP contribution is -2.48. The van der Waals surface area contributed by atoms with Crippen molar-refractivity contribution >= 4 is 0 Å². The summed E-state index contributed by atoms with van der Waals surface area (Å²) in [5.41, 5.74) is 7.49. The average Bonchev–Trinajstić information content (AvgIpc) is 2.76. The zero-order chi connectivity index (χ0) is 11.5. The summed E-state index contributed by atoms with van der Waals surface area (Å²) in [4.78, 5) is 7.90. The van der Waals surface area contributed by atoms with Crippen molar-refractivity contribution in [2.45, 2.75) is 50.5 Å². The van der Waals surface area contributed by atoms with Crippen LogP contribution in [-0.4, -0.2) is 9.97 Å².